The van der Waals surface area contributed by atoms with Gasteiger partial charge in [0, 0.05) is 24.1 Å². The Morgan fingerprint density at radius 2 is 2.18 bits per heavy atom. The number of carbonyl (C=O) groups excluding carboxylic acids is 2. The van der Waals surface area contributed by atoms with E-state index in [0.717, 1.165) is 29.8 Å². The van der Waals surface area contributed by atoms with E-state index in [9.17, 15) is 9.59 Å². The number of anilines is 1. The van der Waals surface area contributed by atoms with E-state index in [2.05, 4.69) is 15.6 Å². The molecule has 1 aliphatic heterocycles. The fraction of sp³-hybridized carbons (Fsp3) is 0.421. The van der Waals surface area contributed by atoms with Gasteiger partial charge in [0.25, 0.3) is 5.91 Å². The predicted octanol–water partition coefficient (Wildman–Crippen LogP) is 2.31. The van der Waals surface area contributed by atoms with Crippen molar-refractivity contribution in [2.45, 2.75) is 25.2 Å². The highest BCUT2D eigenvalue weighted by atomic mass is 32.1. The second kappa shape index (κ2) is 8.15. The summed E-state index contributed by atoms with van der Waals surface area (Å²) < 4.78 is 15.6. The number of hydrogen-bond acceptors (Lipinski definition) is 7. The molecule has 0 radical (unpaired) electrons. The van der Waals surface area contributed by atoms with E-state index < -0.39 is 0 Å². The van der Waals surface area contributed by atoms with Crippen molar-refractivity contribution in [2.24, 2.45) is 0 Å². The van der Waals surface area contributed by atoms with Gasteiger partial charge in [-0.1, -0.05) is 0 Å². The fourth-order valence-electron chi connectivity index (χ4n) is 3.33. The lowest BCUT2D eigenvalue weighted by molar-refractivity contribution is -0.123. The third kappa shape index (κ3) is 3.81. The Hall–Kier alpha value is -2.65. The second-order valence-corrected chi connectivity index (χ2v) is 7.66. The first kappa shape index (κ1) is 18.7. The molecule has 0 bridgehead atoms. The average molecular weight is 403 g/mol. The molecule has 8 nitrogen and oxygen atoms in total. The van der Waals surface area contributed by atoms with E-state index in [-0.39, 0.29) is 24.5 Å². The monoisotopic (exact) mass is 403 g/mol. The third-order valence-corrected chi connectivity index (χ3v) is 5.78. The summed E-state index contributed by atoms with van der Waals surface area (Å²) in [5, 5.41) is 6.22. The zero-order valence-electron chi connectivity index (χ0n) is 15.4. The van der Waals surface area contributed by atoms with Crippen molar-refractivity contribution in [3.05, 3.63) is 34.3 Å². The van der Waals surface area contributed by atoms with Gasteiger partial charge in [-0.15, -0.1) is 11.3 Å². The lowest BCUT2D eigenvalue weighted by atomic mass is 9.90. The summed E-state index contributed by atoms with van der Waals surface area (Å²) >= 11 is 1.43. The zero-order chi connectivity index (χ0) is 19.5. The number of carbonyl (C=O) groups is 2. The molecule has 1 aromatic heterocycles. The van der Waals surface area contributed by atoms with Crippen LogP contribution in [0.15, 0.2) is 18.2 Å². The summed E-state index contributed by atoms with van der Waals surface area (Å²) in [6.07, 6.45) is 2.55. The molecule has 2 aliphatic rings. The van der Waals surface area contributed by atoms with Crippen LogP contribution in [-0.2, 0) is 16.0 Å². The van der Waals surface area contributed by atoms with Crippen molar-refractivity contribution in [3.63, 3.8) is 0 Å². The van der Waals surface area contributed by atoms with Gasteiger partial charge in [0.1, 0.15) is 0 Å². The number of nitrogens with zero attached hydrogens (tertiary/aromatic N) is 1. The van der Waals surface area contributed by atoms with Crippen LogP contribution < -0.4 is 20.1 Å². The Balaban J connectivity index is 1.46. The van der Waals surface area contributed by atoms with Gasteiger partial charge in [-0.3, -0.25) is 14.9 Å². The number of nitrogens with one attached hydrogen (secondary N) is 2. The van der Waals surface area contributed by atoms with Crippen molar-refractivity contribution in [1.82, 2.24) is 10.3 Å². The van der Waals surface area contributed by atoms with Crippen LogP contribution in [0.5, 0.6) is 11.5 Å². The Bertz CT molecular complexity index is 898. The van der Waals surface area contributed by atoms with Gasteiger partial charge >= 0.3 is 0 Å². The first-order valence-corrected chi connectivity index (χ1v) is 9.94. The van der Waals surface area contributed by atoms with Gasteiger partial charge in [-0.2, -0.15) is 0 Å². The van der Waals surface area contributed by atoms with Crippen molar-refractivity contribution in [2.75, 3.05) is 32.4 Å². The molecule has 9 heteroatoms. The Morgan fingerprint density at radius 1 is 1.32 bits per heavy atom. The van der Waals surface area contributed by atoms with Gasteiger partial charge in [0.15, 0.2) is 16.6 Å². The number of methoxy groups -OCH3 is 1. The molecule has 0 spiro atoms. The molecule has 2 amide bonds. The van der Waals surface area contributed by atoms with Crippen LogP contribution in [0.3, 0.4) is 0 Å². The third-order valence-electron chi connectivity index (χ3n) is 4.73. The van der Waals surface area contributed by atoms with Crippen LogP contribution in [0.4, 0.5) is 5.13 Å². The molecule has 2 aromatic rings. The standard InChI is InChI=1S/C19H21N3O5S/c1-25-8-7-20-18(24)12-3-2-4-15-16(12)21-19(28-15)22-17(23)11-5-6-13-14(9-11)27-10-26-13/h5-6,9,12H,2-4,7-8,10H2,1H3,(H,20,24)(H,21,22,23). The van der Waals surface area contributed by atoms with E-state index in [1.165, 1.54) is 11.3 Å². The van der Waals surface area contributed by atoms with Crippen LogP contribution in [0, 0.1) is 0 Å². The van der Waals surface area contributed by atoms with Crippen LogP contribution in [0.2, 0.25) is 0 Å². The highest BCUT2D eigenvalue weighted by Crippen LogP contribution is 2.37. The molecule has 1 aromatic carbocycles. The maximum Gasteiger partial charge on any atom is 0.257 e. The first-order valence-electron chi connectivity index (χ1n) is 9.13. The van der Waals surface area contributed by atoms with Gasteiger partial charge in [-0.05, 0) is 37.5 Å². The van der Waals surface area contributed by atoms with Crippen molar-refractivity contribution >= 4 is 28.3 Å². The maximum absolute atomic E-state index is 12.6. The summed E-state index contributed by atoms with van der Waals surface area (Å²) in [6.45, 7) is 1.10. The van der Waals surface area contributed by atoms with Crippen molar-refractivity contribution in [3.8, 4) is 11.5 Å². The number of aromatic nitrogens is 1. The lowest BCUT2D eigenvalue weighted by Crippen LogP contribution is -2.33. The average Bonchev–Trinajstić information content (AvgIpc) is 3.33. The molecule has 148 valence electrons. The van der Waals surface area contributed by atoms with E-state index >= 15 is 0 Å². The van der Waals surface area contributed by atoms with Crippen molar-refractivity contribution < 1.29 is 23.8 Å². The number of fused-ring (bicyclic) bond motifs is 2. The van der Waals surface area contributed by atoms with Gasteiger partial charge < -0.3 is 19.5 Å². The smallest absolute Gasteiger partial charge is 0.257 e. The van der Waals surface area contributed by atoms with E-state index in [1.807, 2.05) is 0 Å². The number of rotatable bonds is 6. The number of aryl methyl sites for hydroxylation is 1. The van der Waals surface area contributed by atoms with E-state index in [4.69, 9.17) is 14.2 Å². The highest BCUT2D eigenvalue weighted by Gasteiger charge is 2.30. The molecule has 2 heterocycles. The normalized spacial score (nSPS) is 17.1. The summed E-state index contributed by atoms with van der Waals surface area (Å²) in [5.41, 5.74) is 1.23. The summed E-state index contributed by atoms with van der Waals surface area (Å²) in [4.78, 5) is 30.7. The molecular formula is C19H21N3O5S. The lowest BCUT2D eigenvalue weighted by Gasteiger charge is -2.20. The summed E-state index contributed by atoms with van der Waals surface area (Å²) in [6, 6.07) is 5.05. The minimum absolute atomic E-state index is 0.0445. The minimum Gasteiger partial charge on any atom is -0.454 e. The molecule has 0 saturated carbocycles. The van der Waals surface area contributed by atoms with Crippen LogP contribution in [0.1, 0.15) is 39.7 Å². The molecule has 1 atom stereocenters. The fourth-order valence-corrected chi connectivity index (χ4v) is 4.39. The van der Waals surface area contributed by atoms with Gasteiger partial charge in [0.05, 0.1) is 18.2 Å². The largest absolute Gasteiger partial charge is 0.454 e. The maximum atomic E-state index is 12.6. The molecule has 28 heavy (non-hydrogen) atoms. The van der Waals surface area contributed by atoms with Crippen LogP contribution in [0.25, 0.3) is 0 Å². The summed E-state index contributed by atoms with van der Waals surface area (Å²) in [7, 11) is 1.60. The highest BCUT2D eigenvalue weighted by molar-refractivity contribution is 7.16. The molecule has 2 N–H and O–H groups in total. The Morgan fingerprint density at radius 3 is 3.04 bits per heavy atom. The van der Waals surface area contributed by atoms with Crippen molar-refractivity contribution in [1.29, 1.82) is 0 Å². The zero-order valence-corrected chi connectivity index (χ0v) is 16.3. The van der Waals surface area contributed by atoms with E-state index in [0.29, 0.717) is 35.3 Å². The first-order chi connectivity index (χ1) is 13.7. The van der Waals surface area contributed by atoms with Gasteiger partial charge in [0.2, 0.25) is 12.7 Å². The molecule has 1 unspecified atom stereocenters. The molecule has 4 rings (SSSR count). The Kier molecular flexibility index (Phi) is 5.45. The number of benzene rings is 1. The topological polar surface area (TPSA) is 98.8 Å². The number of ether oxygens (including phenoxy) is 3. The molecular weight excluding hydrogens is 382 g/mol. The number of thiazole rings is 1. The van der Waals surface area contributed by atoms with E-state index in [1.54, 1.807) is 25.3 Å². The molecule has 0 fully saturated rings. The van der Waals surface area contributed by atoms with Crippen LogP contribution in [-0.4, -0.2) is 43.9 Å². The number of amides is 2. The molecule has 0 saturated heterocycles. The van der Waals surface area contributed by atoms with Gasteiger partial charge in [-0.25, -0.2) is 4.98 Å². The number of hydrogen-bond donors (Lipinski definition) is 2. The van der Waals surface area contributed by atoms with Crippen LogP contribution >= 0.6 is 11.3 Å². The second-order valence-electron chi connectivity index (χ2n) is 6.58. The summed E-state index contributed by atoms with van der Waals surface area (Å²) in [5.74, 6) is 0.581. The predicted molar refractivity (Wildman–Crippen MR) is 103 cm³/mol. The quantitative estimate of drug-likeness (QED) is 0.718. The SMILES string of the molecule is COCCNC(=O)C1CCCc2sc(NC(=O)c3ccc4c(c3)OCO4)nc21. The Labute approximate surface area is 166 Å². The minimum atomic E-state index is -0.284. The molecule has 1 aliphatic carbocycles.